The molecule has 1 fully saturated rings. The average Bonchev–Trinajstić information content (AvgIpc) is 2.26. The van der Waals surface area contributed by atoms with E-state index in [1.807, 2.05) is 45.0 Å². The zero-order valence-electron chi connectivity index (χ0n) is 11.5. The number of halogens is 2. The van der Waals surface area contributed by atoms with Gasteiger partial charge in [0.05, 0.1) is 6.04 Å². The van der Waals surface area contributed by atoms with Crippen LogP contribution in [0, 0.1) is 5.41 Å². The van der Waals surface area contributed by atoms with Crippen LogP contribution >= 0.6 is 27.5 Å². The second-order valence-corrected chi connectivity index (χ2v) is 7.90. The third-order valence-electron chi connectivity index (χ3n) is 3.78. The van der Waals surface area contributed by atoms with Gasteiger partial charge in [-0.2, -0.15) is 0 Å². The molecule has 1 N–H and O–H groups in total. The Kier molecular flexibility index (Phi) is 3.99. The molecule has 0 saturated heterocycles. The van der Waals surface area contributed by atoms with Gasteiger partial charge in [0.2, 0.25) is 5.91 Å². The molecule has 1 amide bonds. The standard InChI is InChI=1S/C15H19BrClNO/c1-10(11-4-6-12(16)7-5-11)18-13(19)14(2)8-15(3,17)9-14/h4-7,10H,8-9H2,1-3H3,(H,18,19)/t10-,14?,15?/m1/s1. The van der Waals surface area contributed by atoms with Gasteiger partial charge in [0, 0.05) is 14.8 Å². The van der Waals surface area contributed by atoms with Gasteiger partial charge in [-0.25, -0.2) is 0 Å². The summed E-state index contributed by atoms with van der Waals surface area (Å²) >= 11 is 9.63. The van der Waals surface area contributed by atoms with E-state index in [0.29, 0.717) is 0 Å². The Morgan fingerprint density at radius 2 is 1.84 bits per heavy atom. The van der Waals surface area contributed by atoms with Crippen molar-refractivity contribution < 1.29 is 4.79 Å². The number of amides is 1. The number of carbonyl (C=O) groups is 1. The molecule has 1 aliphatic carbocycles. The number of rotatable bonds is 3. The zero-order chi connectivity index (χ0) is 14.3. The van der Waals surface area contributed by atoms with Gasteiger partial charge in [-0.1, -0.05) is 35.0 Å². The Bertz CT molecular complexity index is 475. The van der Waals surface area contributed by atoms with Crippen molar-refractivity contribution >= 4 is 33.4 Å². The lowest BCUT2D eigenvalue weighted by molar-refractivity contribution is -0.137. The van der Waals surface area contributed by atoms with Crippen LogP contribution in [-0.2, 0) is 4.79 Å². The van der Waals surface area contributed by atoms with Gasteiger partial charge >= 0.3 is 0 Å². The van der Waals surface area contributed by atoms with E-state index in [4.69, 9.17) is 11.6 Å². The number of hydrogen-bond donors (Lipinski definition) is 1. The van der Waals surface area contributed by atoms with Crippen molar-refractivity contribution in [2.75, 3.05) is 0 Å². The summed E-state index contributed by atoms with van der Waals surface area (Å²) in [5.74, 6) is 0.0982. The minimum absolute atomic E-state index is 0.0135. The van der Waals surface area contributed by atoms with E-state index in [1.54, 1.807) is 0 Å². The average molecular weight is 345 g/mol. The third-order valence-corrected chi connectivity index (χ3v) is 4.58. The molecule has 0 aliphatic heterocycles. The molecule has 4 heteroatoms. The second kappa shape index (κ2) is 5.10. The highest BCUT2D eigenvalue weighted by atomic mass is 79.9. The van der Waals surface area contributed by atoms with Crippen LogP contribution in [0.2, 0.25) is 0 Å². The topological polar surface area (TPSA) is 29.1 Å². The smallest absolute Gasteiger partial charge is 0.226 e. The van der Waals surface area contributed by atoms with Crippen LogP contribution in [0.15, 0.2) is 28.7 Å². The van der Waals surface area contributed by atoms with Crippen LogP contribution in [0.1, 0.15) is 45.2 Å². The van der Waals surface area contributed by atoms with E-state index in [-0.39, 0.29) is 22.2 Å². The van der Waals surface area contributed by atoms with Crippen molar-refractivity contribution in [1.82, 2.24) is 5.32 Å². The first-order valence-corrected chi connectivity index (χ1v) is 7.64. The van der Waals surface area contributed by atoms with Gasteiger partial charge in [-0.3, -0.25) is 4.79 Å². The summed E-state index contributed by atoms with van der Waals surface area (Å²) in [7, 11) is 0. The summed E-state index contributed by atoms with van der Waals surface area (Å²) in [4.78, 5) is 12.1. The highest BCUT2D eigenvalue weighted by molar-refractivity contribution is 9.10. The summed E-state index contributed by atoms with van der Waals surface area (Å²) in [6, 6.07) is 8.02. The van der Waals surface area contributed by atoms with Crippen molar-refractivity contribution in [2.45, 2.75) is 44.5 Å². The summed E-state index contributed by atoms with van der Waals surface area (Å²) in [6.07, 6.45) is 1.47. The van der Waals surface area contributed by atoms with Crippen molar-refractivity contribution in [3.63, 3.8) is 0 Å². The van der Waals surface area contributed by atoms with E-state index in [1.165, 1.54) is 0 Å². The van der Waals surface area contributed by atoms with Gasteiger partial charge in [-0.15, -0.1) is 11.6 Å². The maximum absolute atomic E-state index is 12.3. The molecule has 0 spiro atoms. The normalized spacial score (nSPS) is 31.4. The molecule has 0 unspecified atom stereocenters. The molecule has 104 valence electrons. The molecule has 1 atom stereocenters. The van der Waals surface area contributed by atoms with Gasteiger partial charge in [0.25, 0.3) is 0 Å². The molecular formula is C15H19BrClNO. The lowest BCUT2D eigenvalue weighted by atomic mass is 9.62. The highest BCUT2D eigenvalue weighted by Crippen LogP contribution is 2.52. The number of carbonyl (C=O) groups excluding carboxylic acids is 1. The quantitative estimate of drug-likeness (QED) is 0.808. The maximum atomic E-state index is 12.3. The van der Waals surface area contributed by atoms with Crippen LogP contribution in [0.5, 0.6) is 0 Å². The Morgan fingerprint density at radius 3 is 2.32 bits per heavy atom. The lowest BCUT2D eigenvalue weighted by Crippen LogP contribution is -2.53. The number of hydrogen-bond acceptors (Lipinski definition) is 1. The van der Waals surface area contributed by atoms with Crippen LogP contribution < -0.4 is 5.32 Å². The fourth-order valence-corrected chi connectivity index (χ4v) is 3.80. The minimum atomic E-state index is -0.319. The summed E-state index contributed by atoms with van der Waals surface area (Å²) in [5.41, 5.74) is 0.785. The van der Waals surface area contributed by atoms with Crippen molar-refractivity contribution in [2.24, 2.45) is 5.41 Å². The predicted octanol–water partition coefficient (Wildman–Crippen LogP) is 4.42. The zero-order valence-corrected chi connectivity index (χ0v) is 13.8. The molecule has 1 aromatic rings. The molecule has 19 heavy (non-hydrogen) atoms. The SMILES string of the molecule is C[C@@H](NC(=O)C1(C)CC(C)(Cl)C1)c1ccc(Br)cc1. The maximum Gasteiger partial charge on any atom is 0.226 e. The third kappa shape index (κ3) is 3.32. The highest BCUT2D eigenvalue weighted by Gasteiger charge is 2.52. The molecule has 0 heterocycles. The molecular weight excluding hydrogens is 326 g/mol. The van der Waals surface area contributed by atoms with Crippen LogP contribution in [0.25, 0.3) is 0 Å². The fraction of sp³-hybridized carbons (Fsp3) is 0.533. The largest absolute Gasteiger partial charge is 0.349 e. The number of alkyl halides is 1. The Morgan fingerprint density at radius 1 is 1.32 bits per heavy atom. The molecule has 0 radical (unpaired) electrons. The first-order chi connectivity index (χ1) is 8.72. The molecule has 1 aliphatic rings. The van der Waals surface area contributed by atoms with Crippen molar-refractivity contribution in [1.29, 1.82) is 0 Å². The predicted molar refractivity (Wildman–Crippen MR) is 82.3 cm³/mol. The van der Waals surface area contributed by atoms with E-state index in [0.717, 1.165) is 22.9 Å². The first-order valence-electron chi connectivity index (χ1n) is 6.47. The van der Waals surface area contributed by atoms with E-state index in [9.17, 15) is 4.79 Å². The van der Waals surface area contributed by atoms with E-state index in [2.05, 4.69) is 21.2 Å². The van der Waals surface area contributed by atoms with Crippen LogP contribution in [0.3, 0.4) is 0 Å². The monoisotopic (exact) mass is 343 g/mol. The van der Waals surface area contributed by atoms with Crippen molar-refractivity contribution in [3.05, 3.63) is 34.3 Å². The van der Waals surface area contributed by atoms with Gasteiger partial charge in [0.15, 0.2) is 0 Å². The minimum Gasteiger partial charge on any atom is -0.349 e. The van der Waals surface area contributed by atoms with Gasteiger partial charge in [0.1, 0.15) is 0 Å². The van der Waals surface area contributed by atoms with E-state index >= 15 is 0 Å². The Balaban J connectivity index is 1.98. The molecule has 2 nitrogen and oxygen atoms in total. The Labute approximate surface area is 128 Å². The van der Waals surface area contributed by atoms with Gasteiger partial charge < -0.3 is 5.32 Å². The van der Waals surface area contributed by atoms with Crippen LogP contribution in [0.4, 0.5) is 0 Å². The summed E-state index contributed by atoms with van der Waals surface area (Å²) < 4.78 is 1.04. The Hall–Kier alpha value is -0.540. The van der Waals surface area contributed by atoms with Crippen molar-refractivity contribution in [3.8, 4) is 0 Å². The fourth-order valence-electron chi connectivity index (χ4n) is 2.94. The lowest BCUT2D eigenvalue weighted by Gasteiger charge is -2.48. The van der Waals surface area contributed by atoms with E-state index < -0.39 is 0 Å². The number of nitrogens with one attached hydrogen (secondary N) is 1. The second-order valence-electron chi connectivity index (χ2n) is 6.07. The summed E-state index contributed by atoms with van der Waals surface area (Å²) in [5, 5.41) is 3.08. The molecule has 2 rings (SSSR count). The molecule has 1 aromatic carbocycles. The van der Waals surface area contributed by atoms with Crippen LogP contribution in [-0.4, -0.2) is 10.8 Å². The molecule has 0 aromatic heterocycles. The van der Waals surface area contributed by atoms with Gasteiger partial charge in [-0.05, 0) is 44.4 Å². The number of benzene rings is 1. The summed E-state index contributed by atoms with van der Waals surface area (Å²) in [6.45, 7) is 5.98. The first kappa shape index (κ1) is 14.9. The molecule has 0 bridgehead atoms. The molecule has 1 saturated carbocycles.